The van der Waals surface area contributed by atoms with Crippen LogP contribution in [0.1, 0.15) is 32.6 Å². The van der Waals surface area contributed by atoms with Gasteiger partial charge in [-0.15, -0.1) is 0 Å². The summed E-state index contributed by atoms with van der Waals surface area (Å²) in [5.74, 6) is 0.963. The number of hydrogen-bond acceptors (Lipinski definition) is 3. The lowest BCUT2D eigenvalue weighted by atomic mass is 9.95. The Balaban J connectivity index is 2.08. The van der Waals surface area contributed by atoms with Crippen molar-refractivity contribution in [1.82, 2.24) is 0 Å². The molecule has 1 saturated heterocycles. The third-order valence-electron chi connectivity index (χ3n) is 4.07. The molecule has 0 saturated carbocycles. The van der Waals surface area contributed by atoms with E-state index in [1.54, 1.807) is 12.1 Å². The summed E-state index contributed by atoms with van der Waals surface area (Å²) in [4.78, 5) is 2.83. The van der Waals surface area contributed by atoms with Crippen LogP contribution < -0.4 is 4.90 Å². The average Bonchev–Trinajstić information content (AvgIpc) is 2.48. The number of hydrogen-bond donors (Lipinski definition) is 0. The molecule has 118 valence electrons. The van der Waals surface area contributed by atoms with Gasteiger partial charge in [-0.3, -0.25) is 0 Å². The maximum Gasteiger partial charge on any atom is 0.178 e. The van der Waals surface area contributed by atoms with Gasteiger partial charge in [0.05, 0.1) is 10.6 Å². The minimum absolute atomic E-state index is 0.226. The molecular formula is C16H24BrNO2S. The van der Waals surface area contributed by atoms with Gasteiger partial charge in [0, 0.05) is 24.1 Å². The minimum atomic E-state index is -3.10. The maximum absolute atomic E-state index is 12.0. The summed E-state index contributed by atoms with van der Waals surface area (Å²) in [7, 11) is -3.10. The molecular weight excluding hydrogens is 350 g/mol. The number of piperidine rings is 1. The first kappa shape index (κ1) is 16.8. The lowest BCUT2D eigenvalue weighted by Crippen LogP contribution is -2.35. The number of halogens is 1. The van der Waals surface area contributed by atoms with Crippen molar-refractivity contribution in [2.24, 2.45) is 5.92 Å². The van der Waals surface area contributed by atoms with Gasteiger partial charge >= 0.3 is 0 Å². The number of sulfone groups is 1. The lowest BCUT2D eigenvalue weighted by molar-refractivity contribution is 0.408. The van der Waals surface area contributed by atoms with E-state index in [1.807, 2.05) is 19.1 Å². The molecule has 3 nitrogen and oxygen atoms in total. The van der Waals surface area contributed by atoms with Gasteiger partial charge in [-0.05, 0) is 55.9 Å². The molecule has 1 aromatic carbocycles. The van der Waals surface area contributed by atoms with Crippen molar-refractivity contribution in [1.29, 1.82) is 0 Å². The molecule has 0 spiro atoms. The van der Waals surface area contributed by atoms with Crippen LogP contribution in [0.2, 0.25) is 0 Å². The van der Waals surface area contributed by atoms with Crippen LogP contribution in [0.5, 0.6) is 0 Å². The molecule has 1 aliphatic heterocycles. The van der Waals surface area contributed by atoms with Crippen molar-refractivity contribution < 1.29 is 8.42 Å². The van der Waals surface area contributed by atoms with E-state index in [0.29, 0.717) is 11.3 Å². The Morgan fingerprint density at radius 1 is 1.29 bits per heavy atom. The first-order chi connectivity index (χ1) is 10.1. The summed E-state index contributed by atoms with van der Waals surface area (Å²) in [6.07, 6.45) is 4.38. The van der Waals surface area contributed by atoms with Crippen molar-refractivity contribution in [3.05, 3.63) is 24.3 Å². The zero-order valence-electron chi connectivity index (χ0n) is 12.6. The highest BCUT2D eigenvalue weighted by molar-refractivity contribution is 9.09. The molecule has 1 atom stereocenters. The van der Waals surface area contributed by atoms with E-state index in [9.17, 15) is 8.42 Å². The molecule has 0 bridgehead atoms. The Kier molecular flexibility index (Phi) is 6.11. The molecule has 0 N–H and O–H groups in total. The van der Waals surface area contributed by atoms with Gasteiger partial charge < -0.3 is 4.90 Å². The standard InChI is InChI=1S/C16H24BrNO2S/c1-2-12-21(19,20)16-7-5-15(6-8-16)18-11-3-4-14(13-18)9-10-17/h5-8,14H,2-4,9-13H2,1H3. The highest BCUT2D eigenvalue weighted by atomic mass is 79.9. The van der Waals surface area contributed by atoms with Crippen molar-refractivity contribution >= 4 is 31.5 Å². The Hall–Kier alpha value is -0.550. The highest BCUT2D eigenvalue weighted by Crippen LogP contribution is 2.26. The third kappa shape index (κ3) is 4.46. The van der Waals surface area contributed by atoms with Crippen LogP contribution in [0.3, 0.4) is 0 Å². The summed E-state index contributed by atoms with van der Waals surface area (Å²) in [5.41, 5.74) is 1.14. The molecule has 5 heteroatoms. The normalized spacial score (nSPS) is 19.7. The average molecular weight is 374 g/mol. The largest absolute Gasteiger partial charge is 0.371 e. The SMILES string of the molecule is CCCS(=O)(=O)c1ccc(N2CCCC(CCBr)C2)cc1. The van der Waals surface area contributed by atoms with Gasteiger partial charge in [0.25, 0.3) is 0 Å². The lowest BCUT2D eigenvalue weighted by Gasteiger charge is -2.34. The predicted molar refractivity (Wildman–Crippen MR) is 92.1 cm³/mol. The highest BCUT2D eigenvalue weighted by Gasteiger charge is 2.20. The molecule has 0 aliphatic carbocycles. The topological polar surface area (TPSA) is 37.4 Å². The van der Waals surface area contributed by atoms with E-state index in [2.05, 4.69) is 20.8 Å². The van der Waals surface area contributed by atoms with Gasteiger partial charge in [0.15, 0.2) is 9.84 Å². The minimum Gasteiger partial charge on any atom is -0.371 e. The summed E-state index contributed by atoms with van der Waals surface area (Å²) in [6, 6.07) is 7.43. The molecule has 1 heterocycles. The molecule has 0 amide bonds. The summed E-state index contributed by atoms with van der Waals surface area (Å²) < 4.78 is 24.1. The fraction of sp³-hybridized carbons (Fsp3) is 0.625. The van der Waals surface area contributed by atoms with Gasteiger partial charge in [-0.2, -0.15) is 0 Å². The first-order valence-electron chi connectivity index (χ1n) is 7.70. The zero-order chi connectivity index (χ0) is 15.3. The summed E-state index contributed by atoms with van der Waals surface area (Å²) in [6.45, 7) is 4.04. The monoisotopic (exact) mass is 373 g/mol. The maximum atomic E-state index is 12.0. The van der Waals surface area contributed by atoms with E-state index in [-0.39, 0.29) is 5.75 Å². The molecule has 1 aromatic rings. The van der Waals surface area contributed by atoms with E-state index in [4.69, 9.17) is 0 Å². The van der Waals surface area contributed by atoms with Crippen LogP contribution in [0, 0.1) is 5.92 Å². The van der Waals surface area contributed by atoms with E-state index in [0.717, 1.165) is 30.0 Å². The number of benzene rings is 1. The fourth-order valence-electron chi connectivity index (χ4n) is 2.94. The Bertz CT molecular complexity index is 540. The van der Waals surface area contributed by atoms with Crippen molar-refractivity contribution in [2.45, 2.75) is 37.5 Å². The van der Waals surface area contributed by atoms with Crippen LogP contribution in [0.15, 0.2) is 29.2 Å². The first-order valence-corrected chi connectivity index (χ1v) is 10.5. The van der Waals surface area contributed by atoms with Crippen LogP contribution in [0.4, 0.5) is 5.69 Å². The quantitative estimate of drug-likeness (QED) is 0.710. The van der Waals surface area contributed by atoms with Gasteiger partial charge in [0.2, 0.25) is 0 Å². The predicted octanol–water partition coefficient (Wildman–Crippen LogP) is 3.87. The third-order valence-corrected chi connectivity index (χ3v) is 6.46. The van der Waals surface area contributed by atoms with Gasteiger partial charge in [-0.1, -0.05) is 22.9 Å². The molecule has 2 rings (SSSR count). The number of anilines is 1. The molecule has 1 unspecified atom stereocenters. The smallest absolute Gasteiger partial charge is 0.178 e. The Morgan fingerprint density at radius 2 is 2.00 bits per heavy atom. The van der Waals surface area contributed by atoms with Crippen molar-refractivity contribution in [2.75, 3.05) is 29.1 Å². The van der Waals surface area contributed by atoms with Crippen LogP contribution in [-0.4, -0.2) is 32.6 Å². The molecule has 21 heavy (non-hydrogen) atoms. The molecule has 1 aliphatic rings. The van der Waals surface area contributed by atoms with E-state index in [1.165, 1.54) is 19.3 Å². The Morgan fingerprint density at radius 3 is 2.62 bits per heavy atom. The Labute approximate surface area is 136 Å². The van der Waals surface area contributed by atoms with E-state index >= 15 is 0 Å². The van der Waals surface area contributed by atoms with Crippen LogP contribution in [-0.2, 0) is 9.84 Å². The fourth-order valence-corrected chi connectivity index (χ4v) is 4.91. The number of nitrogens with zero attached hydrogens (tertiary/aromatic N) is 1. The van der Waals surface area contributed by atoms with E-state index < -0.39 is 9.84 Å². The summed E-state index contributed by atoms with van der Waals surface area (Å²) in [5, 5.41) is 1.06. The second-order valence-electron chi connectivity index (χ2n) is 5.74. The van der Waals surface area contributed by atoms with Crippen LogP contribution >= 0.6 is 15.9 Å². The van der Waals surface area contributed by atoms with Gasteiger partial charge in [0.1, 0.15) is 0 Å². The molecule has 1 fully saturated rings. The number of rotatable bonds is 6. The second kappa shape index (κ2) is 7.63. The second-order valence-corrected chi connectivity index (χ2v) is 8.65. The zero-order valence-corrected chi connectivity index (χ0v) is 15.0. The number of alkyl halides is 1. The summed E-state index contributed by atoms with van der Waals surface area (Å²) >= 11 is 3.52. The molecule has 0 aromatic heterocycles. The van der Waals surface area contributed by atoms with Gasteiger partial charge in [-0.25, -0.2) is 8.42 Å². The molecule has 0 radical (unpaired) electrons. The van der Waals surface area contributed by atoms with Crippen LogP contribution in [0.25, 0.3) is 0 Å². The van der Waals surface area contributed by atoms with Crippen molar-refractivity contribution in [3.63, 3.8) is 0 Å². The van der Waals surface area contributed by atoms with Crippen molar-refractivity contribution in [3.8, 4) is 0 Å².